The van der Waals surface area contributed by atoms with Crippen LogP contribution in [0.2, 0.25) is 0 Å². The molecule has 0 aliphatic heterocycles. The number of hydrogen-bond donors (Lipinski definition) is 1. The fourth-order valence-electron chi connectivity index (χ4n) is 1.77. The van der Waals surface area contributed by atoms with Gasteiger partial charge in [-0.1, -0.05) is 6.92 Å². The van der Waals surface area contributed by atoms with Gasteiger partial charge in [0.2, 0.25) is 0 Å². The van der Waals surface area contributed by atoms with Crippen LogP contribution in [0.3, 0.4) is 0 Å². The van der Waals surface area contributed by atoms with E-state index in [0.717, 1.165) is 24.3 Å². The van der Waals surface area contributed by atoms with Crippen LogP contribution in [0.4, 0.5) is 5.82 Å². The third-order valence-electron chi connectivity index (χ3n) is 3.01. The molecule has 0 amide bonds. The fourth-order valence-corrected chi connectivity index (χ4v) is 1.77. The molecule has 0 aromatic carbocycles. The molecule has 90 valence electrons. The zero-order chi connectivity index (χ0) is 12.1. The maximum atomic E-state index is 9.55. The van der Waals surface area contributed by atoms with Crippen LogP contribution in [-0.4, -0.2) is 22.7 Å². The Balaban J connectivity index is 2.96. The summed E-state index contributed by atoms with van der Waals surface area (Å²) in [5.74, 6) is 0.954. The summed E-state index contributed by atoms with van der Waals surface area (Å²) in [6.07, 6.45) is 2.43. The first-order chi connectivity index (χ1) is 7.60. The molecule has 1 N–H and O–H groups in total. The molecule has 0 spiro atoms. The largest absolute Gasteiger partial charge is 0.389 e. The van der Waals surface area contributed by atoms with E-state index < -0.39 is 6.10 Å². The highest BCUT2D eigenvalue weighted by Crippen LogP contribution is 2.20. The number of pyridine rings is 1. The minimum absolute atomic E-state index is 0.433. The van der Waals surface area contributed by atoms with Crippen LogP contribution < -0.4 is 4.90 Å². The van der Waals surface area contributed by atoms with Gasteiger partial charge in [-0.25, -0.2) is 4.98 Å². The molecule has 1 unspecified atom stereocenters. The van der Waals surface area contributed by atoms with Crippen molar-refractivity contribution in [3.05, 3.63) is 23.9 Å². The molecule has 0 aliphatic rings. The lowest BCUT2D eigenvalue weighted by Crippen LogP contribution is -2.33. The highest BCUT2D eigenvalue weighted by molar-refractivity contribution is 5.42. The average Bonchev–Trinajstić information content (AvgIpc) is 2.30. The first-order valence-corrected chi connectivity index (χ1v) is 6.00. The van der Waals surface area contributed by atoms with Gasteiger partial charge in [0.25, 0.3) is 0 Å². The molecule has 0 saturated heterocycles. The summed E-state index contributed by atoms with van der Waals surface area (Å²) >= 11 is 0. The predicted molar refractivity (Wildman–Crippen MR) is 67.6 cm³/mol. The van der Waals surface area contributed by atoms with Gasteiger partial charge in [0.1, 0.15) is 5.82 Å². The standard InChI is InChI=1S/C13H22N2O/c1-5-10(3)15(6-2)13-9-12(11(4)16)7-8-14-13/h7-11,16H,5-6H2,1-4H3/t10?,11-/m1/s1. The SMILES string of the molecule is CCC(C)N(CC)c1cc([C@@H](C)O)ccn1. The van der Waals surface area contributed by atoms with E-state index in [1.807, 2.05) is 12.1 Å². The molecule has 1 aromatic rings. The fraction of sp³-hybridized carbons (Fsp3) is 0.615. The zero-order valence-corrected chi connectivity index (χ0v) is 10.6. The van der Waals surface area contributed by atoms with Gasteiger partial charge < -0.3 is 10.0 Å². The Morgan fingerprint density at radius 2 is 2.06 bits per heavy atom. The summed E-state index contributed by atoms with van der Waals surface area (Å²) < 4.78 is 0. The van der Waals surface area contributed by atoms with E-state index in [-0.39, 0.29) is 0 Å². The summed E-state index contributed by atoms with van der Waals surface area (Å²) in [5, 5.41) is 9.55. The van der Waals surface area contributed by atoms with Gasteiger partial charge in [-0.05, 0) is 44.9 Å². The van der Waals surface area contributed by atoms with Gasteiger partial charge in [-0.15, -0.1) is 0 Å². The Morgan fingerprint density at radius 3 is 2.56 bits per heavy atom. The van der Waals surface area contributed by atoms with Gasteiger partial charge in [0.15, 0.2) is 0 Å². The van der Waals surface area contributed by atoms with E-state index >= 15 is 0 Å². The van der Waals surface area contributed by atoms with Crippen LogP contribution in [0.25, 0.3) is 0 Å². The highest BCUT2D eigenvalue weighted by atomic mass is 16.3. The molecule has 0 bridgehead atoms. The van der Waals surface area contributed by atoms with Crippen molar-refractivity contribution in [2.24, 2.45) is 0 Å². The third kappa shape index (κ3) is 2.95. The van der Waals surface area contributed by atoms with E-state index in [1.54, 1.807) is 13.1 Å². The van der Waals surface area contributed by atoms with Crippen molar-refractivity contribution in [1.29, 1.82) is 0 Å². The van der Waals surface area contributed by atoms with Gasteiger partial charge in [-0.3, -0.25) is 0 Å². The monoisotopic (exact) mass is 222 g/mol. The maximum Gasteiger partial charge on any atom is 0.129 e. The van der Waals surface area contributed by atoms with Crippen molar-refractivity contribution in [2.75, 3.05) is 11.4 Å². The lowest BCUT2D eigenvalue weighted by molar-refractivity contribution is 0.199. The maximum absolute atomic E-state index is 9.55. The molecule has 2 atom stereocenters. The number of aromatic nitrogens is 1. The van der Waals surface area contributed by atoms with E-state index in [9.17, 15) is 5.11 Å². The molecule has 0 aliphatic carbocycles. The number of aliphatic hydroxyl groups is 1. The molecular formula is C13H22N2O. The van der Waals surface area contributed by atoms with Crippen molar-refractivity contribution in [3.8, 4) is 0 Å². The lowest BCUT2D eigenvalue weighted by atomic mass is 10.1. The Bertz CT molecular complexity index is 325. The number of hydrogen-bond acceptors (Lipinski definition) is 3. The smallest absolute Gasteiger partial charge is 0.129 e. The second-order valence-corrected chi connectivity index (χ2v) is 4.17. The summed E-state index contributed by atoms with van der Waals surface area (Å²) in [6.45, 7) is 9.21. The Labute approximate surface area is 98.1 Å². The van der Waals surface area contributed by atoms with Gasteiger partial charge in [-0.2, -0.15) is 0 Å². The van der Waals surface area contributed by atoms with E-state index in [4.69, 9.17) is 0 Å². The van der Waals surface area contributed by atoms with Crippen LogP contribution in [0, 0.1) is 0 Å². The molecule has 3 heteroatoms. The minimum Gasteiger partial charge on any atom is -0.389 e. The van der Waals surface area contributed by atoms with Crippen molar-refractivity contribution < 1.29 is 5.11 Å². The molecule has 1 heterocycles. The van der Waals surface area contributed by atoms with Crippen LogP contribution in [0.1, 0.15) is 45.8 Å². The summed E-state index contributed by atoms with van der Waals surface area (Å²) in [6, 6.07) is 4.31. The molecule has 0 fully saturated rings. The van der Waals surface area contributed by atoms with E-state index in [0.29, 0.717) is 6.04 Å². The van der Waals surface area contributed by atoms with E-state index in [2.05, 4.69) is 30.7 Å². The Morgan fingerprint density at radius 1 is 1.38 bits per heavy atom. The molecule has 1 aromatic heterocycles. The quantitative estimate of drug-likeness (QED) is 0.832. The molecule has 3 nitrogen and oxygen atoms in total. The van der Waals surface area contributed by atoms with Crippen molar-refractivity contribution in [2.45, 2.75) is 46.3 Å². The molecule has 16 heavy (non-hydrogen) atoms. The number of rotatable bonds is 5. The second kappa shape index (κ2) is 5.85. The Hall–Kier alpha value is -1.09. The van der Waals surface area contributed by atoms with Crippen molar-refractivity contribution in [1.82, 2.24) is 4.98 Å². The Kier molecular flexibility index (Phi) is 4.74. The second-order valence-electron chi connectivity index (χ2n) is 4.17. The summed E-state index contributed by atoms with van der Waals surface area (Å²) in [7, 11) is 0. The molecule has 0 saturated carbocycles. The first kappa shape index (κ1) is 13.0. The minimum atomic E-state index is -0.433. The number of nitrogens with zero attached hydrogens (tertiary/aromatic N) is 2. The lowest BCUT2D eigenvalue weighted by Gasteiger charge is -2.28. The van der Waals surface area contributed by atoms with Crippen LogP contribution in [0.15, 0.2) is 18.3 Å². The predicted octanol–water partition coefficient (Wildman–Crippen LogP) is 2.76. The van der Waals surface area contributed by atoms with Gasteiger partial charge in [0, 0.05) is 18.8 Å². The van der Waals surface area contributed by atoms with Crippen LogP contribution >= 0.6 is 0 Å². The average molecular weight is 222 g/mol. The van der Waals surface area contributed by atoms with Crippen LogP contribution in [-0.2, 0) is 0 Å². The molecule has 0 radical (unpaired) electrons. The third-order valence-corrected chi connectivity index (χ3v) is 3.01. The number of aliphatic hydroxyl groups excluding tert-OH is 1. The summed E-state index contributed by atoms with van der Waals surface area (Å²) in [4.78, 5) is 6.63. The molecular weight excluding hydrogens is 200 g/mol. The van der Waals surface area contributed by atoms with Gasteiger partial charge in [0.05, 0.1) is 6.10 Å². The van der Waals surface area contributed by atoms with E-state index in [1.165, 1.54) is 0 Å². The first-order valence-electron chi connectivity index (χ1n) is 6.00. The topological polar surface area (TPSA) is 36.4 Å². The van der Waals surface area contributed by atoms with Crippen LogP contribution in [0.5, 0.6) is 0 Å². The molecule has 1 rings (SSSR count). The van der Waals surface area contributed by atoms with Crippen molar-refractivity contribution >= 4 is 5.82 Å². The zero-order valence-electron chi connectivity index (χ0n) is 10.6. The van der Waals surface area contributed by atoms with Crippen molar-refractivity contribution in [3.63, 3.8) is 0 Å². The summed E-state index contributed by atoms with van der Waals surface area (Å²) in [5.41, 5.74) is 0.923. The highest BCUT2D eigenvalue weighted by Gasteiger charge is 2.13. The normalized spacial score (nSPS) is 14.6. The van der Waals surface area contributed by atoms with Gasteiger partial charge >= 0.3 is 0 Å². The number of anilines is 1.